The lowest BCUT2D eigenvalue weighted by Crippen LogP contribution is -2.23. The SMILES string of the molecule is Clc1c(Br)ccc(NC2COCc3ccccc32)c1Cl. The number of anilines is 1. The summed E-state index contributed by atoms with van der Waals surface area (Å²) >= 11 is 15.8. The van der Waals surface area contributed by atoms with Crippen molar-refractivity contribution in [3.05, 3.63) is 62.0 Å². The van der Waals surface area contributed by atoms with Gasteiger partial charge in [0.2, 0.25) is 0 Å². The van der Waals surface area contributed by atoms with Crippen molar-refractivity contribution in [2.45, 2.75) is 12.6 Å². The van der Waals surface area contributed by atoms with Crippen molar-refractivity contribution in [2.24, 2.45) is 0 Å². The summed E-state index contributed by atoms with van der Waals surface area (Å²) in [7, 11) is 0. The molecule has 1 atom stereocenters. The molecule has 0 saturated heterocycles. The Balaban J connectivity index is 1.92. The molecule has 1 unspecified atom stereocenters. The van der Waals surface area contributed by atoms with Gasteiger partial charge in [-0.3, -0.25) is 0 Å². The third kappa shape index (κ3) is 2.68. The zero-order chi connectivity index (χ0) is 14.1. The zero-order valence-corrected chi connectivity index (χ0v) is 13.6. The molecule has 1 aliphatic rings. The highest BCUT2D eigenvalue weighted by Crippen LogP contribution is 2.38. The summed E-state index contributed by atoms with van der Waals surface area (Å²) in [6.07, 6.45) is 0. The van der Waals surface area contributed by atoms with Crippen molar-refractivity contribution in [1.82, 2.24) is 0 Å². The molecule has 2 aromatic rings. The number of hydrogen-bond acceptors (Lipinski definition) is 2. The summed E-state index contributed by atoms with van der Waals surface area (Å²) in [6, 6.07) is 12.1. The van der Waals surface area contributed by atoms with Crippen LogP contribution in [0.1, 0.15) is 17.2 Å². The van der Waals surface area contributed by atoms with Gasteiger partial charge in [0, 0.05) is 4.47 Å². The maximum absolute atomic E-state index is 6.28. The highest BCUT2D eigenvalue weighted by atomic mass is 79.9. The molecule has 5 heteroatoms. The van der Waals surface area contributed by atoms with E-state index in [1.165, 1.54) is 11.1 Å². The quantitative estimate of drug-likeness (QED) is 0.708. The molecule has 1 aliphatic heterocycles. The molecule has 1 heterocycles. The number of benzene rings is 2. The Labute approximate surface area is 136 Å². The molecule has 104 valence electrons. The lowest BCUT2D eigenvalue weighted by molar-refractivity contribution is 0.0970. The van der Waals surface area contributed by atoms with Crippen molar-refractivity contribution < 1.29 is 4.74 Å². The van der Waals surface area contributed by atoms with Crippen LogP contribution in [0, 0.1) is 0 Å². The van der Waals surface area contributed by atoms with Crippen LogP contribution in [-0.4, -0.2) is 6.61 Å². The summed E-state index contributed by atoms with van der Waals surface area (Å²) < 4.78 is 6.41. The van der Waals surface area contributed by atoms with Gasteiger partial charge in [-0.25, -0.2) is 0 Å². The minimum absolute atomic E-state index is 0.0784. The molecular weight excluding hydrogens is 361 g/mol. The minimum atomic E-state index is 0.0784. The third-order valence-electron chi connectivity index (χ3n) is 3.34. The van der Waals surface area contributed by atoms with E-state index < -0.39 is 0 Å². The number of halogens is 3. The van der Waals surface area contributed by atoms with Crippen LogP contribution in [0.5, 0.6) is 0 Å². The van der Waals surface area contributed by atoms with E-state index in [1.807, 2.05) is 24.3 Å². The Morgan fingerprint density at radius 2 is 1.90 bits per heavy atom. The van der Waals surface area contributed by atoms with E-state index in [0.29, 0.717) is 23.3 Å². The van der Waals surface area contributed by atoms with Crippen LogP contribution in [-0.2, 0) is 11.3 Å². The monoisotopic (exact) mass is 371 g/mol. The summed E-state index contributed by atoms with van der Waals surface area (Å²) in [5.74, 6) is 0. The van der Waals surface area contributed by atoms with Crippen LogP contribution in [0.15, 0.2) is 40.9 Å². The molecule has 1 N–H and O–H groups in total. The van der Waals surface area contributed by atoms with E-state index in [0.717, 1.165) is 10.2 Å². The van der Waals surface area contributed by atoms with E-state index >= 15 is 0 Å². The predicted octanol–water partition coefficient (Wildman–Crippen LogP) is 5.44. The first-order chi connectivity index (χ1) is 9.66. The van der Waals surface area contributed by atoms with Crippen LogP contribution in [0.2, 0.25) is 10.0 Å². The summed E-state index contributed by atoms with van der Waals surface area (Å²) in [5, 5.41) is 4.44. The molecule has 0 fully saturated rings. The normalized spacial score (nSPS) is 17.6. The Hall–Kier alpha value is -0.740. The van der Waals surface area contributed by atoms with Gasteiger partial charge in [-0.15, -0.1) is 0 Å². The fraction of sp³-hybridized carbons (Fsp3) is 0.200. The fourth-order valence-electron chi connectivity index (χ4n) is 2.33. The lowest BCUT2D eigenvalue weighted by atomic mass is 9.99. The predicted molar refractivity (Wildman–Crippen MR) is 86.6 cm³/mol. The summed E-state index contributed by atoms with van der Waals surface area (Å²) in [5.41, 5.74) is 3.26. The van der Waals surface area contributed by atoms with E-state index in [1.54, 1.807) is 0 Å². The zero-order valence-electron chi connectivity index (χ0n) is 10.5. The molecule has 0 bridgehead atoms. The van der Waals surface area contributed by atoms with E-state index in [2.05, 4.69) is 33.4 Å². The van der Waals surface area contributed by atoms with Gasteiger partial charge >= 0.3 is 0 Å². The molecule has 20 heavy (non-hydrogen) atoms. The number of ether oxygens (including phenoxy) is 1. The number of nitrogens with one attached hydrogen (secondary N) is 1. The molecule has 0 aromatic heterocycles. The number of fused-ring (bicyclic) bond motifs is 1. The second-order valence-corrected chi connectivity index (χ2v) is 6.24. The third-order valence-corrected chi connectivity index (χ3v) is 5.11. The van der Waals surface area contributed by atoms with E-state index in [-0.39, 0.29) is 6.04 Å². The Morgan fingerprint density at radius 1 is 1.10 bits per heavy atom. The van der Waals surface area contributed by atoms with Gasteiger partial charge in [0.25, 0.3) is 0 Å². The van der Waals surface area contributed by atoms with Gasteiger partial charge < -0.3 is 10.1 Å². The van der Waals surface area contributed by atoms with Crippen molar-refractivity contribution in [2.75, 3.05) is 11.9 Å². The van der Waals surface area contributed by atoms with Crippen LogP contribution in [0.4, 0.5) is 5.69 Å². The molecule has 0 aliphatic carbocycles. The first-order valence-corrected chi connectivity index (χ1v) is 7.77. The second kappa shape index (κ2) is 5.94. The maximum atomic E-state index is 6.28. The highest BCUT2D eigenvalue weighted by Gasteiger charge is 2.21. The minimum Gasteiger partial charge on any atom is -0.375 e. The second-order valence-electron chi connectivity index (χ2n) is 4.63. The Kier molecular flexibility index (Phi) is 4.22. The first kappa shape index (κ1) is 14.2. The van der Waals surface area contributed by atoms with Crippen LogP contribution < -0.4 is 5.32 Å². The van der Waals surface area contributed by atoms with Crippen molar-refractivity contribution in [3.63, 3.8) is 0 Å². The standard InChI is InChI=1S/C15H12BrCl2NO/c16-11-5-6-12(15(18)14(11)17)19-13-8-20-7-9-3-1-2-4-10(9)13/h1-6,13,19H,7-8H2. The molecule has 0 spiro atoms. The van der Waals surface area contributed by atoms with Crippen LogP contribution >= 0.6 is 39.1 Å². The van der Waals surface area contributed by atoms with Gasteiger partial charge in [-0.1, -0.05) is 47.5 Å². The molecule has 2 aromatic carbocycles. The molecule has 3 rings (SSSR count). The van der Waals surface area contributed by atoms with Crippen LogP contribution in [0.25, 0.3) is 0 Å². The molecule has 0 amide bonds. The van der Waals surface area contributed by atoms with Crippen molar-refractivity contribution in [3.8, 4) is 0 Å². The van der Waals surface area contributed by atoms with Gasteiger partial charge in [0.15, 0.2) is 0 Å². The van der Waals surface area contributed by atoms with E-state index in [4.69, 9.17) is 27.9 Å². The topological polar surface area (TPSA) is 21.3 Å². The maximum Gasteiger partial charge on any atom is 0.0835 e. The van der Waals surface area contributed by atoms with Gasteiger partial charge in [-0.2, -0.15) is 0 Å². The highest BCUT2D eigenvalue weighted by molar-refractivity contribution is 9.10. The summed E-state index contributed by atoms with van der Waals surface area (Å²) in [6.45, 7) is 1.27. The number of rotatable bonds is 2. The van der Waals surface area contributed by atoms with Gasteiger partial charge in [-0.05, 0) is 39.2 Å². The number of hydrogen-bond donors (Lipinski definition) is 1. The van der Waals surface area contributed by atoms with Gasteiger partial charge in [0.05, 0.1) is 35.0 Å². The fourth-order valence-corrected chi connectivity index (χ4v) is 3.16. The van der Waals surface area contributed by atoms with Crippen molar-refractivity contribution in [1.29, 1.82) is 0 Å². The molecular formula is C15H12BrCl2NO. The molecule has 2 nitrogen and oxygen atoms in total. The lowest BCUT2D eigenvalue weighted by Gasteiger charge is -2.27. The first-order valence-electron chi connectivity index (χ1n) is 6.22. The van der Waals surface area contributed by atoms with Crippen LogP contribution in [0.3, 0.4) is 0 Å². The largest absolute Gasteiger partial charge is 0.375 e. The average Bonchev–Trinajstić information content (AvgIpc) is 2.48. The van der Waals surface area contributed by atoms with E-state index in [9.17, 15) is 0 Å². The Bertz CT molecular complexity index is 648. The van der Waals surface area contributed by atoms with Gasteiger partial charge in [0.1, 0.15) is 0 Å². The van der Waals surface area contributed by atoms with Crippen molar-refractivity contribution >= 4 is 44.8 Å². The average molecular weight is 373 g/mol. The summed E-state index contributed by atoms with van der Waals surface area (Å²) in [4.78, 5) is 0. The molecule has 0 radical (unpaired) electrons. The molecule has 0 saturated carbocycles. The Morgan fingerprint density at radius 3 is 2.75 bits per heavy atom. The smallest absolute Gasteiger partial charge is 0.0835 e.